The lowest BCUT2D eigenvalue weighted by molar-refractivity contribution is 0.0367. The van der Waals surface area contributed by atoms with Crippen molar-refractivity contribution in [2.24, 2.45) is 0 Å². The number of nitrogens with zero attached hydrogens (tertiary/aromatic N) is 2. The Kier molecular flexibility index (Phi) is 8.35. The second-order valence-corrected chi connectivity index (χ2v) is 9.53. The van der Waals surface area contributed by atoms with Gasteiger partial charge in [-0.05, 0) is 67.9 Å². The molecule has 3 heterocycles. The number of hydrogen-bond donors (Lipinski definition) is 2. The number of rotatable bonds is 8. The molecule has 180 valence electrons. The average molecular weight is 473 g/mol. The van der Waals surface area contributed by atoms with Crippen molar-refractivity contribution in [1.29, 1.82) is 0 Å². The molecule has 2 N–H and O–H groups in total. The summed E-state index contributed by atoms with van der Waals surface area (Å²) in [4.78, 5) is 20.6. The van der Waals surface area contributed by atoms with Crippen LogP contribution >= 0.6 is 12.2 Å². The van der Waals surface area contributed by atoms with Gasteiger partial charge in [0.25, 0.3) is 5.56 Å². The standard InChI is InChI=1S/C25H36N4O3S/c1-18-6-7-20-15-21(24(30)27-23(20)19(18)2)17-29(9-4-8-28-10-13-31-14-11-28)25(33)26-16-22-5-3-12-32-22/h6-7,15,22H,3-5,8-14,16-17H2,1-2H3,(H,26,33)(H,27,30)/t22-/m0/s1. The lowest BCUT2D eigenvalue weighted by atomic mass is 10.0. The Morgan fingerprint density at radius 3 is 2.85 bits per heavy atom. The zero-order valence-corrected chi connectivity index (χ0v) is 20.6. The molecule has 0 bridgehead atoms. The Hall–Kier alpha value is -2.00. The first-order valence-corrected chi connectivity index (χ1v) is 12.5. The van der Waals surface area contributed by atoms with E-state index in [2.05, 4.69) is 46.1 Å². The summed E-state index contributed by atoms with van der Waals surface area (Å²) in [5.41, 5.74) is 3.90. The Morgan fingerprint density at radius 2 is 2.09 bits per heavy atom. The van der Waals surface area contributed by atoms with Crippen LogP contribution in [0.3, 0.4) is 0 Å². The third-order valence-electron chi connectivity index (χ3n) is 6.79. The fourth-order valence-corrected chi connectivity index (χ4v) is 4.81. The van der Waals surface area contributed by atoms with Gasteiger partial charge in [-0.1, -0.05) is 12.1 Å². The van der Waals surface area contributed by atoms with Gasteiger partial charge >= 0.3 is 0 Å². The van der Waals surface area contributed by atoms with E-state index >= 15 is 0 Å². The third-order valence-corrected chi connectivity index (χ3v) is 7.19. The van der Waals surface area contributed by atoms with Gasteiger partial charge in [-0.15, -0.1) is 0 Å². The van der Waals surface area contributed by atoms with Crippen LogP contribution in [0.4, 0.5) is 0 Å². The van der Waals surface area contributed by atoms with Crippen LogP contribution in [0.1, 0.15) is 36.0 Å². The number of aromatic nitrogens is 1. The molecule has 0 aliphatic carbocycles. The number of benzene rings is 1. The predicted molar refractivity (Wildman–Crippen MR) is 136 cm³/mol. The average Bonchev–Trinajstić information content (AvgIpc) is 3.35. The lowest BCUT2D eigenvalue weighted by Crippen LogP contribution is -2.44. The van der Waals surface area contributed by atoms with E-state index in [1.165, 1.54) is 5.56 Å². The maximum Gasteiger partial charge on any atom is 0.253 e. The van der Waals surface area contributed by atoms with Crippen molar-refractivity contribution in [2.75, 3.05) is 52.5 Å². The number of H-pyrrole nitrogens is 1. The number of thiocarbonyl (C=S) groups is 1. The van der Waals surface area contributed by atoms with E-state index in [1.54, 1.807) is 0 Å². The minimum absolute atomic E-state index is 0.0451. The fraction of sp³-hybridized carbons (Fsp3) is 0.600. The van der Waals surface area contributed by atoms with E-state index in [-0.39, 0.29) is 11.7 Å². The van der Waals surface area contributed by atoms with Crippen molar-refractivity contribution in [2.45, 2.75) is 45.8 Å². The van der Waals surface area contributed by atoms with Crippen molar-refractivity contribution < 1.29 is 9.47 Å². The van der Waals surface area contributed by atoms with Crippen molar-refractivity contribution in [3.8, 4) is 0 Å². The predicted octanol–water partition coefficient (Wildman–Crippen LogP) is 2.72. The number of hydrogen-bond acceptors (Lipinski definition) is 5. The molecule has 1 aromatic heterocycles. The summed E-state index contributed by atoms with van der Waals surface area (Å²) in [5, 5.41) is 5.14. The van der Waals surface area contributed by atoms with Crippen molar-refractivity contribution in [3.05, 3.63) is 45.2 Å². The first-order valence-electron chi connectivity index (χ1n) is 12.1. The molecule has 33 heavy (non-hydrogen) atoms. The van der Waals surface area contributed by atoms with Gasteiger partial charge < -0.3 is 24.7 Å². The summed E-state index contributed by atoms with van der Waals surface area (Å²) < 4.78 is 11.2. The van der Waals surface area contributed by atoms with Gasteiger partial charge in [-0.2, -0.15) is 0 Å². The number of nitrogens with one attached hydrogen (secondary N) is 2. The zero-order chi connectivity index (χ0) is 23.2. The van der Waals surface area contributed by atoms with Crippen LogP contribution in [-0.4, -0.2) is 78.5 Å². The largest absolute Gasteiger partial charge is 0.379 e. The number of ether oxygens (including phenoxy) is 2. The Morgan fingerprint density at radius 1 is 1.27 bits per heavy atom. The molecule has 2 aromatic rings. The molecule has 4 rings (SSSR count). The molecule has 1 aromatic carbocycles. The molecule has 2 aliphatic heterocycles. The second-order valence-electron chi connectivity index (χ2n) is 9.15. The highest BCUT2D eigenvalue weighted by Gasteiger charge is 2.19. The SMILES string of the molecule is Cc1ccc2cc(CN(CCCN3CCOCC3)C(=S)NC[C@@H]3CCCO3)c(=O)[nH]c2c1C. The maximum absolute atomic E-state index is 13.0. The molecule has 7 nitrogen and oxygen atoms in total. The van der Waals surface area contributed by atoms with Gasteiger partial charge in [0.1, 0.15) is 0 Å². The normalized spacial score (nSPS) is 19.2. The van der Waals surface area contributed by atoms with Gasteiger partial charge in [0.05, 0.1) is 31.4 Å². The molecule has 0 amide bonds. The van der Waals surface area contributed by atoms with Gasteiger partial charge in [0.15, 0.2) is 5.11 Å². The summed E-state index contributed by atoms with van der Waals surface area (Å²) >= 11 is 5.77. The Bertz CT molecular complexity index is 1010. The van der Waals surface area contributed by atoms with Crippen molar-refractivity contribution >= 4 is 28.2 Å². The second kappa shape index (κ2) is 11.4. The summed E-state index contributed by atoms with van der Waals surface area (Å²) in [6.45, 7) is 11.5. The van der Waals surface area contributed by atoms with Crippen LogP contribution in [-0.2, 0) is 16.0 Å². The summed E-state index contributed by atoms with van der Waals surface area (Å²) in [5.74, 6) is 0. The van der Waals surface area contributed by atoms with E-state index in [4.69, 9.17) is 21.7 Å². The van der Waals surface area contributed by atoms with Crippen LogP contribution in [0.25, 0.3) is 10.9 Å². The van der Waals surface area contributed by atoms with Crippen LogP contribution < -0.4 is 10.9 Å². The topological polar surface area (TPSA) is 69.8 Å². The van der Waals surface area contributed by atoms with Crippen molar-refractivity contribution in [3.63, 3.8) is 0 Å². The highest BCUT2D eigenvalue weighted by molar-refractivity contribution is 7.80. The number of pyridine rings is 1. The van der Waals surface area contributed by atoms with Crippen molar-refractivity contribution in [1.82, 2.24) is 20.1 Å². The molecule has 0 spiro atoms. The number of fused-ring (bicyclic) bond motifs is 1. The van der Waals surface area contributed by atoms with E-state index in [1.807, 2.05) is 6.07 Å². The van der Waals surface area contributed by atoms with Crippen LogP contribution in [0.15, 0.2) is 23.0 Å². The smallest absolute Gasteiger partial charge is 0.253 e. The third kappa shape index (κ3) is 6.32. The van der Waals surface area contributed by atoms with E-state index in [0.717, 1.165) is 87.3 Å². The first kappa shape index (κ1) is 24.1. The Balaban J connectivity index is 1.46. The summed E-state index contributed by atoms with van der Waals surface area (Å²) in [6.07, 6.45) is 3.36. The first-order chi connectivity index (χ1) is 16.0. The highest BCUT2D eigenvalue weighted by atomic mass is 32.1. The number of aryl methyl sites for hydroxylation is 2. The Labute approximate surface area is 201 Å². The summed E-state index contributed by atoms with van der Waals surface area (Å²) in [6, 6.07) is 6.19. The molecule has 0 saturated carbocycles. The van der Waals surface area contributed by atoms with Crippen LogP contribution in [0.2, 0.25) is 0 Å². The molecule has 0 radical (unpaired) electrons. The molecular weight excluding hydrogens is 436 g/mol. The summed E-state index contributed by atoms with van der Waals surface area (Å²) in [7, 11) is 0. The number of morpholine rings is 1. The van der Waals surface area contributed by atoms with Gasteiger partial charge in [-0.25, -0.2) is 0 Å². The monoisotopic (exact) mass is 472 g/mol. The zero-order valence-electron chi connectivity index (χ0n) is 19.8. The highest BCUT2D eigenvalue weighted by Crippen LogP contribution is 2.19. The molecule has 8 heteroatoms. The quantitative estimate of drug-likeness (QED) is 0.573. The maximum atomic E-state index is 13.0. The van der Waals surface area contributed by atoms with Gasteiger partial charge in [0.2, 0.25) is 0 Å². The molecule has 2 saturated heterocycles. The van der Waals surface area contributed by atoms with E-state index < -0.39 is 0 Å². The fourth-order valence-electron chi connectivity index (χ4n) is 4.57. The molecule has 1 atom stereocenters. The lowest BCUT2D eigenvalue weighted by Gasteiger charge is -2.30. The molecule has 2 fully saturated rings. The van der Waals surface area contributed by atoms with E-state index in [0.29, 0.717) is 18.2 Å². The van der Waals surface area contributed by atoms with Crippen LogP contribution in [0.5, 0.6) is 0 Å². The number of aromatic amines is 1. The molecule has 0 unspecified atom stereocenters. The molecule has 2 aliphatic rings. The van der Waals surface area contributed by atoms with E-state index in [9.17, 15) is 4.79 Å². The van der Waals surface area contributed by atoms with Gasteiger partial charge in [-0.3, -0.25) is 9.69 Å². The molecular formula is C25H36N4O3S. The van der Waals surface area contributed by atoms with Gasteiger partial charge in [0, 0.05) is 44.9 Å². The minimum atomic E-state index is -0.0451. The minimum Gasteiger partial charge on any atom is -0.379 e. The van der Waals surface area contributed by atoms with Crippen LogP contribution in [0, 0.1) is 13.8 Å².